The van der Waals surface area contributed by atoms with Crippen LogP contribution >= 0.6 is 0 Å². The smallest absolute Gasteiger partial charge is 0.244 e. The van der Waals surface area contributed by atoms with Gasteiger partial charge >= 0.3 is 0 Å². The molecule has 0 spiro atoms. The van der Waals surface area contributed by atoms with E-state index >= 15 is 0 Å². The van der Waals surface area contributed by atoms with Crippen LogP contribution in [0.1, 0.15) is 18.1 Å². The third kappa shape index (κ3) is 3.85. The summed E-state index contributed by atoms with van der Waals surface area (Å²) in [5.41, 5.74) is 6.60. The van der Waals surface area contributed by atoms with E-state index in [0.29, 0.717) is 17.2 Å². The largest absolute Gasteiger partial charge is 0.493 e. The Bertz CT molecular complexity index is 730. The molecule has 0 aliphatic carbocycles. The molecule has 3 N–H and O–H groups in total. The first-order chi connectivity index (χ1) is 12.0. The number of hydrogen-bond donors (Lipinski definition) is 2. The molecule has 1 amide bonds. The maximum Gasteiger partial charge on any atom is 0.244 e. The molecule has 134 valence electrons. The molecule has 0 saturated carbocycles. The summed E-state index contributed by atoms with van der Waals surface area (Å²) in [6.45, 7) is 1.94. The summed E-state index contributed by atoms with van der Waals surface area (Å²) < 4.78 is 16.0. The molecule has 0 aliphatic rings. The molecule has 0 fully saturated rings. The monoisotopic (exact) mass is 344 g/mol. The van der Waals surface area contributed by atoms with Gasteiger partial charge in [-0.1, -0.05) is 30.3 Å². The molecule has 6 heteroatoms. The number of carbonyl (C=O) groups excluding carboxylic acids is 1. The Morgan fingerprint density at radius 1 is 1.00 bits per heavy atom. The Hall–Kier alpha value is -2.73. The molecule has 2 rings (SSSR count). The van der Waals surface area contributed by atoms with Crippen molar-refractivity contribution in [1.82, 2.24) is 5.32 Å². The van der Waals surface area contributed by atoms with Crippen molar-refractivity contribution in [3.63, 3.8) is 0 Å². The highest BCUT2D eigenvalue weighted by Gasteiger charge is 2.30. The molecule has 0 saturated heterocycles. The number of amides is 1. The fourth-order valence-corrected chi connectivity index (χ4v) is 2.58. The average Bonchev–Trinajstić information content (AvgIpc) is 2.65. The lowest BCUT2D eigenvalue weighted by molar-refractivity contribution is -0.126. The van der Waals surface area contributed by atoms with Crippen LogP contribution in [0.25, 0.3) is 0 Å². The van der Waals surface area contributed by atoms with Gasteiger partial charge in [0, 0.05) is 12.1 Å². The second-order valence-electron chi connectivity index (χ2n) is 5.74. The number of nitrogens with one attached hydrogen (secondary N) is 1. The third-order valence-corrected chi connectivity index (χ3v) is 4.07. The highest BCUT2D eigenvalue weighted by atomic mass is 16.5. The number of methoxy groups -OCH3 is 3. The molecule has 0 radical (unpaired) electrons. The van der Waals surface area contributed by atoms with E-state index < -0.39 is 5.54 Å². The van der Waals surface area contributed by atoms with Crippen LogP contribution in [0.3, 0.4) is 0 Å². The van der Waals surface area contributed by atoms with E-state index in [1.807, 2.05) is 36.4 Å². The van der Waals surface area contributed by atoms with E-state index in [1.165, 1.54) is 7.11 Å². The van der Waals surface area contributed by atoms with Crippen LogP contribution < -0.4 is 25.3 Å². The third-order valence-electron chi connectivity index (χ3n) is 4.07. The molecule has 1 unspecified atom stereocenters. The van der Waals surface area contributed by atoms with E-state index in [9.17, 15) is 4.79 Å². The highest BCUT2D eigenvalue weighted by Crippen LogP contribution is 2.39. The molecule has 1 atom stereocenters. The van der Waals surface area contributed by atoms with Crippen LogP contribution in [0.2, 0.25) is 0 Å². The zero-order chi connectivity index (χ0) is 18.4. The second-order valence-corrected chi connectivity index (χ2v) is 5.74. The van der Waals surface area contributed by atoms with Gasteiger partial charge in [-0.05, 0) is 24.6 Å². The van der Waals surface area contributed by atoms with E-state index in [4.69, 9.17) is 19.9 Å². The van der Waals surface area contributed by atoms with Crippen molar-refractivity contribution < 1.29 is 19.0 Å². The van der Waals surface area contributed by atoms with Gasteiger partial charge in [0.05, 0.1) is 21.3 Å². The summed E-state index contributed by atoms with van der Waals surface area (Å²) in [6, 6.07) is 12.8. The van der Waals surface area contributed by atoms with Gasteiger partial charge in [-0.3, -0.25) is 4.79 Å². The first kappa shape index (κ1) is 18.6. The van der Waals surface area contributed by atoms with Crippen molar-refractivity contribution >= 4 is 5.91 Å². The van der Waals surface area contributed by atoms with Crippen molar-refractivity contribution in [1.29, 1.82) is 0 Å². The molecule has 0 aliphatic heterocycles. The molecular weight excluding hydrogens is 320 g/mol. The zero-order valence-corrected chi connectivity index (χ0v) is 15.0. The molecule has 2 aromatic rings. The second kappa shape index (κ2) is 7.90. The first-order valence-corrected chi connectivity index (χ1v) is 7.86. The number of carbonyl (C=O) groups is 1. The van der Waals surface area contributed by atoms with Crippen LogP contribution in [0.5, 0.6) is 17.2 Å². The molecular formula is C19H24N2O4. The zero-order valence-electron chi connectivity index (χ0n) is 15.0. The van der Waals surface area contributed by atoms with E-state index in [-0.39, 0.29) is 12.5 Å². The number of benzene rings is 2. The maximum absolute atomic E-state index is 12.6. The Labute approximate surface area is 147 Å². The molecule has 0 heterocycles. The summed E-state index contributed by atoms with van der Waals surface area (Å²) in [5, 5.41) is 2.86. The highest BCUT2D eigenvalue weighted by molar-refractivity contribution is 5.87. The Morgan fingerprint density at radius 2 is 1.64 bits per heavy atom. The molecule has 6 nitrogen and oxygen atoms in total. The van der Waals surface area contributed by atoms with Crippen molar-refractivity contribution in [2.24, 2.45) is 5.73 Å². The summed E-state index contributed by atoms with van der Waals surface area (Å²) in [5.74, 6) is 1.27. The number of rotatable bonds is 7. The topological polar surface area (TPSA) is 82.8 Å². The predicted octanol–water partition coefficient (Wildman–Crippen LogP) is 2.20. The predicted molar refractivity (Wildman–Crippen MR) is 95.9 cm³/mol. The van der Waals surface area contributed by atoms with Gasteiger partial charge < -0.3 is 25.3 Å². The Kier molecular flexibility index (Phi) is 5.88. The van der Waals surface area contributed by atoms with Crippen LogP contribution in [0, 0.1) is 0 Å². The van der Waals surface area contributed by atoms with Crippen molar-refractivity contribution in [3.05, 3.63) is 53.6 Å². The van der Waals surface area contributed by atoms with Crippen molar-refractivity contribution in [2.45, 2.75) is 19.0 Å². The summed E-state index contributed by atoms with van der Waals surface area (Å²) in [4.78, 5) is 12.6. The fraction of sp³-hybridized carbons (Fsp3) is 0.316. The summed E-state index contributed by atoms with van der Waals surface area (Å²) in [6.07, 6.45) is 0. The van der Waals surface area contributed by atoms with E-state index in [0.717, 1.165) is 11.1 Å². The number of ether oxygens (including phenoxy) is 3. The van der Waals surface area contributed by atoms with Gasteiger partial charge in [-0.2, -0.15) is 0 Å². The Morgan fingerprint density at radius 3 is 2.20 bits per heavy atom. The normalized spacial score (nSPS) is 12.8. The standard InChI is InChI=1S/C19H24N2O4/c1-19(20,14-8-6-5-7-9-14)18(22)21-12-13-10-11-15(23-2)17(25-4)16(13)24-3/h5-11H,12,20H2,1-4H3,(H,21,22). The number of nitrogens with two attached hydrogens (primary N) is 1. The number of hydrogen-bond acceptors (Lipinski definition) is 5. The molecule has 0 bridgehead atoms. The lowest BCUT2D eigenvalue weighted by Gasteiger charge is -2.24. The minimum Gasteiger partial charge on any atom is -0.493 e. The first-order valence-electron chi connectivity index (χ1n) is 7.86. The van der Waals surface area contributed by atoms with Crippen LogP contribution in [0.15, 0.2) is 42.5 Å². The van der Waals surface area contributed by atoms with Crippen LogP contribution in [-0.2, 0) is 16.9 Å². The summed E-state index contributed by atoms with van der Waals surface area (Å²) >= 11 is 0. The maximum atomic E-state index is 12.6. The SMILES string of the molecule is COc1ccc(CNC(=O)C(C)(N)c2ccccc2)c(OC)c1OC. The molecule has 25 heavy (non-hydrogen) atoms. The van der Waals surface area contributed by atoms with Gasteiger partial charge in [-0.25, -0.2) is 0 Å². The Balaban J connectivity index is 2.20. The van der Waals surface area contributed by atoms with Crippen molar-refractivity contribution in [2.75, 3.05) is 21.3 Å². The fourth-order valence-electron chi connectivity index (χ4n) is 2.58. The van der Waals surface area contributed by atoms with Crippen LogP contribution in [0.4, 0.5) is 0 Å². The average molecular weight is 344 g/mol. The van der Waals surface area contributed by atoms with Crippen LogP contribution in [-0.4, -0.2) is 27.2 Å². The van der Waals surface area contributed by atoms with Gasteiger partial charge in [0.15, 0.2) is 11.5 Å². The minimum atomic E-state index is -1.13. The summed E-state index contributed by atoms with van der Waals surface area (Å²) in [7, 11) is 4.63. The quantitative estimate of drug-likeness (QED) is 0.805. The van der Waals surface area contributed by atoms with Gasteiger partial charge in [0.2, 0.25) is 11.7 Å². The van der Waals surface area contributed by atoms with Gasteiger partial charge in [-0.15, -0.1) is 0 Å². The van der Waals surface area contributed by atoms with E-state index in [1.54, 1.807) is 27.2 Å². The lowest BCUT2D eigenvalue weighted by Crippen LogP contribution is -2.48. The van der Waals surface area contributed by atoms with E-state index in [2.05, 4.69) is 5.32 Å². The van der Waals surface area contributed by atoms with Gasteiger partial charge in [0.1, 0.15) is 5.54 Å². The molecule has 2 aromatic carbocycles. The minimum absolute atomic E-state index is 0.252. The molecule has 0 aromatic heterocycles. The lowest BCUT2D eigenvalue weighted by atomic mass is 9.92. The van der Waals surface area contributed by atoms with Crippen molar-refractivity contribution in [3.8, 4) is 17.2 Å². The van der Waals surface area contributed by atoms with Gasteiger partial charge in [0.25, 0.3) is 0 Å².